The highest BCUT2D eigenvalue weighted by atomic mass is 32.2. The highest BCUT2D eigenvalue weighted by Crippen LogP contribution is 2.25. The number of benzene rings is 1. The molecule has 2 aromatic heterocycles. The summed E-state index contributed by atoms with van der Waals surface area (Å²) >= 11 is 1.37. The molecule has 0 aliphatic heterocycles. The lowest BCUT2D eigenvalue weighted by Crippen LogP contribution is -2.07. The second-order valence-electron chi connectivity index (χ2n) is 5.36. The van der Waals surface area contributed by atoms with E-state index in [1.807, 2.05) is 30.3 Å². The van der Waals surface area contributed by atoms with Gasteiger partial charge in [-0.1, -0.05) is 30.0 Å². The third-order valence-corrected chi connectivity index (χ3v) is 4.32. The summed E-state index contributed by atoms with van der Waals surface area (Å²) in [4.78, 5) is 21.2. The molecule has 3 aromatic rings. The number of nitrogens with zero attached hydrogens (tertiary/aromatic N) is 6. The molecule has 0 atom stereocenters. The summed E-state index contributed by atoms with van der Waals surface area (Å²) < 4.78 is 0. The third kappa shape index (κ3) is 4.23. The molecular weight excluding hydrogens is 348 g/mol. The summed E-state index contributed by atoms with van der Waals surface area (Å²) in [7, 11) is 0. The van der Waals surface area contributed by atoms with E-state index >= 15 is 0 Å². The van der Waals surface area contributed by atoms with Crippen LogP contribution in [0.4, 0.5) is 17.6 Å². The Morgan fingerprint density at radius 1 is 1.08 bits per heavy atom. The molecule has 3 rings (SSSR count). The van der Waals surface area contributed by atoms with Gasteiger partial charge in [-0.15, -0.1) is 0 Å². The van der Waals surface area contributed by atoms with E-state index in [1.54, 1.807) is 13.8 Å². The van der Waals surface area contributed by atoms with E-state index in [4.69, 9.17) is 5.73 Å². The van der Waals surface area contributed by atoms with Gasteiger partial charge in [0.1, 0.15) is 28.3 Å². The molecule has 9 heteroatoms. The first-order valence-electron chi connectivity index (χ1n) is 7.76. The van der Waals surface area contributed by atoms with E-state index < -0.39 is 0 Å². The van der Waals surface area contributed by atoms with Crippen molar-refractivity contribution in [1.29, 1.82) is 5.26 Å². The largest absolute Gasteiger partial charge is 0.368 e. The van der Waals surface area contributed by atoms with Gasteiger partial charge in [-0.05, 0) is 26.0 Å². The second kappa shape index (κ2) is 7.76. The van der Waals surface area contributed by atoms with Gasteiger partial charge in [0.2, 0.25) is 11.9 Å². The molecule has 3 N–H and O–H groups in total. The fraction of sp³-hybridized carbons (Fsp3) is 0.176. The molecule has 0 bridgehead atoms. The number of aryl methyl sites for hydroxylation is 2. The number of nitrogens with one attached hydrogen (secondary N) is 1. The minimum atomic E-state index is 0.129. The van der Waals surface area contributed by atoms with Gasteiger partial charge in [0, 0.05) is 5.69 Å². The van der Waals surface area contributed by atoms with Crippen LogP contribution in [0.3, 0.4) is 0 Å². The van der Waals surface area contributed by atoms with Crippen LogP contribution in [0.2, 0.25) is 0 Å². The van der Waals surface area contributed by atoms with E-state index in [9.17, 15) is 5.26 Å². The number of aromatic nitrogens is 5. The highest BCUT2D eigenvalue weighted by Gasteiger charge is 2.12. The van der Waals surface area contributed by atoms with E-state index in [-0.39, 0.29) is 5.95 Å². The van der Waals surface area contributed by atoms with Crippen molar-refractivity contribution in [1.82, 2.24) is 24.9 Å². The molecule has 0 saturated heterocycles. The molecular formula is C17H16N8S. The van der Waals surface area contributed by atoms with Crippen LogP contribution in [-0.2, 0) is 5.75 Å². The van der Waals surface area contributed by atoms with Crippen LogP contribution in [-0.4, -0.2) is 24.9 Å². The average Bonchev–Trinajstić information content (AvgIpc) is 2.60. The Bertz CT molecular complexity index is 968. The zero-order valence-electron chi connectivity index (χ0n) is 14.3. The van der Waals surface area contributed by atoms with Crippen LogP contribution in [0.25, 0.3) is 0 Å². The van der Waals surface area contributed by atoms with E-state index in [0.717, 1.165) is 5.69 Å². The van der Waals surface area contributed by atoms with Crippen LogP contribution in [0.1, 0.15) is 22.9 Å². The van der Waals surface area contributed by atoms with Crippen LogP contribution >= 0.6 is 11.8 Å². The standard InChI is InChI=1S/C17H16N8S/c1-10-13(8-18)15(21-11(2)20-10)26-9-14-23-16(19)25-17(24-14)22-12-6-4-3-5-7-12/h3-7H,9H2,1-2H3,(H3,19,22,23,24,25). The fourth-order valence-corrected chi connectivity index (χ4v) is 3.19. The number of nitriles is 1. The third-order valence-electron chi connectivity index (χ3n) is 3.35. The number of hydrogen-bond donors (Lipinski definition) is 2. The van der Waals surface area contributed by atoms with Crippen molar-refractivity contribution in [3.05, 3.63) is 53.2 Å². The van der Waals surface area contributed by atoms with Crippen LogP contribution < -0.4 is 11.1 Å². The Labute approximate surface area is 155 Å². The summed E-state index contributed by atoms with van der Waals surface area (Å²) in [5, 5.41) is 13.0. The van der Waals surface area contributed by atoms with Gasteiger partial charge >= 0.3 is 0 Å². The predicted molar refractivity (Wildman–Crippen MR) is 99.7 cm³/mol. The maximum absolute atomic E-state index is 9.33. The van der Waals surface area contributed by atoms with Gasteiger partial charge in [0.25, 0.3) is 0 Å². The minimum absolute atomic E-state index is 0.129. The average molecular weight is 364 g/mol. The monoisotopic (exact) mass is 364 g/mol. The molecule has 0 fully saturated rings. The Kier molecular flexibility index (Phi) is 5.24. The van der Waals surface area contributed by atoms with Gasteiger partial charge in [-0.2, -0.15) is 20.2 Å². The molecule has 0 unspecified atom stereocenters. The SMILES string of the molecule is Cc1nc(C)c(C#N)c(SCc2nc(N)nc(Nc3ccccc3)n2)n1. The van der Waals surface area contributed by atoms with E-state index in [0.29, 0.717) is 39.6 Å². The van der Waals surface area contributed by atoms with Crippen molar-refractivity contribution < 1.29 is 0 Å². The summed E-state index contributed by atoms with van der Waals surface area (Å²) in [5.41, 5.74) is 7.77. The molecule has 0 radical (unpaired) electrons. The molecule has 0 aliphatic carbocycles. The molecule has 26 heavy (non-hydrogen) atoms. The van der Waals surface area contributed by atoms with Crippen LogP contribution in [0, 0.1) is 25.2 Å². The molecule has 0 spiro atoms. The number of nitrogens with two attached hydrogens (primary N) is 1. The summed E-state index contributed by atoms with van der Waals surface area (Å²) in [6, 6.07) is 11.7. The zero-order valence-corrected chi connectivity index (χ0v) is 15.1. The summed E-state index contributed by atoms with van der Waals surface area (Å²) in [6.07, 6.45) is 0. The lowest BCUT2D eigenvalue weighted by molar-refractivity contribution is 0.919. The highest BCUT2D eigenvalue weighted by molar-refractivity contribution is 7.98. The first kappa shape index (κ1) is 17.6. The number of rotatable bonds is 5. The Morgan fingerprint density at radius 3 is 2.58 bits per heavy atom. The minimum Gasteiger partial charge on any atom is -0.368 e. The number of hydrogen-bond acceptors (Lipinski definition) is 9. The van der Waals surface area contributed by atoms with Gasteiger partial charge < -0.3 is 11.1 Å². The van der Waals surface area contributed by atoms with Gasteiger partial charge in [0.15, 0.2) is 0 Å². The number of nitrogen functional groups attached to an aromatic ring is 1. The maximum Gasteiger partial charge on any atom is 0.232 e. The molecule has 130 valence electrons. The van der Waals surface area contributed by atoms with Gasteiger partial charge in [-0.25, -0.2) is 9.97 Å². The lowest BCUT2D eigenvalue weighted by Gasteiger charge is -2.08. The van der Waals surface area contributed by atoms with Gasteiger partial charge in [0.05, 0.1) is 11.4 Å². The predicted octanol–water partition coefficient (Wildman–Crippen LogP) is 2.77. The smallest absolute Gasteiger partial charge is 0.232 e. The van der Waals surface area contributed by atoms with Crippen LogP contribution in [0.15, 0.2) is 35.4 Å². The Hall–Kier alpha value is -3.25. The van der Waals surface area contributed by atoms with Crippen LogP contribution in [0.5, 0.6) is 0 Å². The number of thioether (sulfide) groups is 1. The summed E-state index contributed by atoms with van der Waals surface area (Å²) in [5.74, 6) is 2.02. The molecule has 1 aromatic carbocycles. The normalized spacial score (nSPS) is 10.3. The first-order chi connectivity index (χ1) is 12.5. The Balaban J connectivity index is 1.80. The molecule has 0 amide bonds. The van der Waals surface area contributed by atoms with E-state index in [2.05, 4.69) is 36.3 Å². The van der Waals surface area contributed by atoms with Crippen molar-refractivity contribution in [3.63, 3.8) is 0 Å². The van der Waals surface area contributed by atoms with Crippen molar-refractivity contribution in [3.8, 4) is 6.07 Å². The van der Waals surface area contributed by atoms with Crippen molar-refractivity contribution >= 4 is 29.3 Å². The van der Waals surface area contributed by atoms with Crippen molar-refractivity contribution in [2.24, 2.45) is 0 Å². The van der Waals surface area contributed by atoms with Crippen molar-refractivity contribution in [2.75, 3.05) is 11.1 Å². The van der Waals surface area contributed by atoms with Gasteiger partial charge in [-0.3, -0.25) is 0 Å². The van der Waals surface area contributed by atoms with E-state index in [1.165, 1.54) is 11.8 Å². The lowest BCUT2D eigenvalue weighted by atomic mass is 10.3. The number of para-hydroxylation sites is 1. The first-order valence-corrected chi connectivity index (χ1v) is 8.74. The maximum atomic E-state index is 9.33. The zero-order chi connectivity index (χ0) is 18.5. The molecule has 2 heterocycles. The van der Waals surface area contributed by atoms with Crippen molar-refractivity contribution in [2.45, 2.75) is 24.6 Å². The molecule has 0 aliphatic rings. The summed E-state index contributed by atoms with van der Waals surface area (Å²) in [6.45, 7) is 3.58. The number of anilines is 3. The molecule has 8 nitrogen and oxygen atoms in total. The molecule has 0 saturated carbocycles. The topological polar surface area (TPSA) is 126 Å². The quantitative estimate of drug-likeness (QED) is 0.519. The fourth-order valence-electron chi connectivity index (χ4n) is 2.26. The Morgan fingerprint density at radius 2 is 1.85 bits per heavy atom. The second-order valence-corrected chi connectivity index (χ2v) is 6.33.